The summed E-state index contributed by atoms with van der Waals surface area (Å²) in [6, 6.07) is 0. The molecule has 14 heavy (non-hydrogen) atoms. The van der Waals surface area contributed by atoms with Crippen LogP contribution in [0.1, 0.15) is 33.1 Å². The Hall–Kier alpha value is -0.570. The summed E-state index contributed by atoms with van der Waals surface area (Å²) in [6.45, 7) is 4.11. The van der Waals surface area contributed by atoms with Crippen molar-refractivity contribution < 1.29 is 15.0 Å². The Labute approximate surface area is 85.1 Å². The molecule has 0 saturated heterocycles. The fraction of sp³-hybridized carbons (Fsp3) is 0.909. The third kappa shape index (κ3) is 2.71. The summed E-state index contributed by atoms with van der Waals surface area (Å²) in [6.07, 6.45) is 3.08. The molecule has 0 heterocycles. The second kappa shape index (κ2) is 4.78. The van der Waals surface area contributed by atoms with Gasteiger partial charge in [-0.05, 0) is 37.0 Å². The number of aliphatic carboxylic acids is 1. The molecule has 0 aromatic heterocycles. The Bertz CT molecular complexity index is 193. The third-order valence-corrected chi connectivity index (χ3v) is 3.30. The van der Waals surface area contributed by atoms with Gasteiger partial charge in [-0.15, -0.1) is 0 Å². The van der Waals surface area contributed by atoms with Gasteiger partial charge in [0.1, 0.15) is 0 Å². The van der Waals surface area contributed by atoms with Gasteiger partial charge >= 0.3 is 5.97 Å². The molecule has 0 bridgehead atoms. The van der Waals surface area contributed by atoms with Crippen LogP contribution in [0.15, 0.2) is 0 Å². The van der Waals surface area contributed by atoms with Crippen LogP contribution in [0, 0.1) is 23.7 Å². The van der Waals surface area contributed by atoms with Crippen molar-refractivity contribution in [2.75, 3.05) is 6.61 Å². The number of aliphatic hydroxyl groups is 1. The van der Waals surface area contributed by atoms with E-state index in [0.29, 0.717) is 11.8 Å². The molecular weight excluding hydrogens is 180 g/mol. The van der Waals surface area contributed by atoms with Gasteiger partial charge in [0, 0.05) is 0 Å². The number of carboxylic acids is 1. The molecule has 3 heteroatoms. The lowest BCUT2D eigenvalue weighted by molar-refractivity contribution is -0.146. The Morgan fingerprint density at radius 3 is 2.14 bits per heavy atom. The summed E-state index contributed by atoms with van der Waals surface area (Å²) >= 11 is 0. The van der Waals surface area contributed by atoms with E-state index in [1.807, 2.05) is 0 Å². The molecule has 3 atom stereocenters. The van der Waals surface area contributed by atoms with Crippen LogP contribution in [-0.2, 0) is 4.79 Å². The van der Waals surface area contributed by atoms with Crippen LogP contribution in [0.5, 0.6) is 0 Å². The number of carbonyl (C=O) groups is 1. The molecule has 0 aromatic carbocycles. The van der Waals surface area contributed by atoms with Crippen molar-refractivity contribution in [2.45, 2.75) is 33.1 Å². The molecule has 0 radical (unpaired) electrons. The Balaban J connectivity index is 2.61. The number of hydrogen-bond acceptors (Lipinski definition) is 2. The number of hydrogen-bond donors (Lipinski definition) is 2. The van der Waals surface area contributed by atoms with E-state index in [4.69, 9.17) is 10.2 Å². The number of carboxylic acid groups (broad SMARTS) is 1. The Morgan fingerprint density at radius 1 is 1.29 bits per heavy atom. The summed E-state index contributed by atoms with van der Waals surface area (Å²) < 4.78 is 0. The van der Waals surface area contributed by atoms with Gasteiger partial charge in [-0.25, -0.2) is 0 Å². The fourth-order valence-electron chi connectivity index (χ4n) is 2.77. The first kappa shape index (κ1) is 11.5. The van der Waals surface area contributed by atoms with E-state index in [9.17, 15) is 4.79 Å². The normalized spacial score (nSPS) is 35.2. The molecule has 0 spiro atoms. The van der Waals surface area contributed by atoms with Crippen molar-refractivity contribution in [1.82, 2.24) is 0 Å². The van der Waals surface area contributed by atoms with Crippen LogP contribution in [-0.4, -0.2) is 22.8 Å². The summed E-state index contributed by atoms with van der Waals surface area (Å²) in [7, 11) is 0. The average Bonchev–Trinajstić information content (AvgIpc) is 2.02. The first-order chi connectivity index (χ1) is 6.54. The summed E-state index contributed by atoms with van der Waals surface area (Å²) in [4.78, 5) is 10.9. The first-order valence-corrected chi connectivity index (χ1v) is 5.38. The average molecular weight is 200 g/mol. The maximum Gasteiger partial charge on any atom is 0.309 e. The predicted molar refractivity (Wildman–Crippen MR) is 53.9 cm³/mol. The minimum atomic E-state index is -0.848. The fourth-order valence-corrected chi connectivity index (χ4v) is 2.77. The van der Waals surface area contributed by atoms with Crippen LogP contribution in [0.3, 0.4) is 0 Å². The van der Waals surface area contributed by atoms with E-state index in [1.54, 1.807) is 0 Å². The molecular formula is C11H20O3. The quantitative estimate of drug-likeness (QED) is 0.729. The monoisotopic (exact) mass is 200 g/mol. The van der Waals surface area contributed by atoms with Crippen LogP contribution in [0.25, 0.3) is 0 Å². The van der Waals surface area contributed by atoms with Crippen LogP contribution in [0.4, 0.5) is 0 Å². The number of aliphatic hydroxyl groups excluding tert-OH is 1. The van der Waals surface area contributed by atoms with Crippen LogP contribution < -0.4 is 0 Å². The van der Waals surface area contributed by atoms with Crippen LogP contribution in [0.2, 0.25) is 0 Å². The van der Waals surface area contributed by atoms with Crippen molar-refractivity contribution in [1.29, 1.82) is 0 Å². The highest BCUT2D eigenvalue weighted by Crippen LogP contribution is 2.36. The van der Waals surface area contributed by atoms with Crippen molar-refractivity contribution in [3.63, 3.8) is 0 Å². The maximum atomic E-state index is 10.9. The summed E-state index contributed by atoms with van der Waals surface area (Å²) in [5, 5.41) is 18.0. The number of rotatable bonds is 3. The molecule has 1 aliphatic carbocycles. The SMILES string of the molecule is CC1CC(C)CC(C(CO)C(=O)O)C1. The lowest BCUT2D eigenvalue weighted by Gasteiger charge is -2.34. The molecule has 82 valence electrons. The zero-order chi connectivity index (χ0) is 10.7. The molecule has 0 aliphatic heterocycles. The Morgan fingerprint density at radius 2 is 1.79 bits per heavy atom. The minimum absolute atomic E-state index is 0.163. The zero-order valence-electron chi connectivity index (χ0n) is 8.94. The maximum absolute atomic E-state index is 10.9. The highest BCUT2D eigenvalue weighted by atomic mass is 16.4. The molecule has 1 saturated carbocycles. The van der Waals surface area contributed by atoms with Gasteiger partial charge in [0.15, 0.2) is 0 Å². The van der Waals surface area contributed by atoms with Gasteiger partial charge in [-0.2, -0.15) is 0 Å². The summed E-state index contributed by atoms with van der Waals surface area (Å²) in [5.74, 6) is -0.0513. The van der Waals surface area contributed by atoms with E-state index in [-0.39, 0.29) is 12.5 Å². The molecule has 3 unspecified atom stereocenters. The van der Waals surface area contributed by atoms with E-state index in [0.717, 1.165) is 12.8 Å². The highest BCUT2D eigenvalue weighted by molar-refractivity contribution is 5.70. The van der Waals surface area contributed by atoms with Gasteiger partial charge in [-0.1, -0.05) is 13.8 Å². The topological polar surface area (TPSA) is 57.5 Å². The molecule has 0 amide bonds. The van der Waals surface area contributed by atoms with Crippen molar-refractivity contribution in [3.05, 3.63) is 0 Å². The van der Waals surface area contributed by atoms with E-state index < -0.39 is 11.9 Å². The molecule has 3 nitrogen and oxygen atoms in total. The Kier molecular flexibility index (Phi) is 3.93. The van der Waals surface area contributed by atoms with Crippen molar-refractivity contribution >= 4 is 5.97 Å². The minimum Gasteiger partial charge on any atom is -0.481 e. The van der Waals surface area contributed by atoms with Crippen molar-refractivity contribution in [2.24, 2.45) is 23.7 Å². The third-order valence-electron chi connectivity index (χ3n) is 3.30. The molecule has 1 aliphatic rings. The van der Waals surface area contributed by atoms with Crippen LogP contribution >= 0.6 is 0 Å². The van der Waals surface area contributed by atoms with Gasteiger partial charge in [-0.3, -0.25) is 4.79 Å². The highest BCUT2D eigenvalue weighted by Gasteiger charge is 2.33. The van der Waals surface area contributed by atoms with Gasteiger partial charge in [0.2, 0.25) is 0 Å². The standard InChI is InChI=1S/C11H20O3/c1-7-3-8(2)5-9(4-7)10(6-12)11(13)14/h7-10,12H,3-6H2,1-2H3,(H,13,14). The second-order valence-corrected chi connectivity index (χ2v) is 4.80. The molecule has 2 N–H and O–H groups in total. The zero-order valence-corrected chi connectivity index (χ0v) is 8.94. The lowest BCUT2D eigenvalue weighted by Crippen LogP contribution is -2.32. The van der Waals surface area contributed by atoms with Gasteiger partial charge in [0.25, 0.3) is 0 Å². The van der Waals surface area contributed by atoms with E-state index in [2.05, 4.69) is 13.8 Å². The largest absolute Gasteiger partial charge is 0.481 e. The van der Waals surface area contributed by atoms with E-state index >= 15 is 0 Å². The second-order valence-electron chi connectivity index (χ2n) is 4.80. The predicted octanol–water partition coefficient (Wildman–Crippen LogP) is 1.75. The van der Waals surface area contributed by atoms with Gasteiger partial charge < -0.3 is 10.2 Å². The van der Waals surface area contributed by atoms with E-state index in [1.165, 1.54) is 6.42 Å². The summed E-state index contributed by atoms with van der Waals surface area (Å²) in [5.41, 5.74) is 0. The van der Waals surface area contributed by atoms with Crippen molar-refractivity contribution in [3.8, 4) is 0 Å². The first-order valence-electron chi connectivity index (χ1n) is 5.38. The lowest BCUT2D eigenvalue weighted by atomic mass is 9.72. The smallest absolute Gasteiger partial charge is 0.309 e. The molecule has 1 rings (SSSR count). The molecule has 0 aromatic rings. The molecule has 1 fully saturated rings. The van der Waals surface area contributed by atoms with Gasteiger partial charge in [0.05, 0.1) is 12.5 Å².